The zero-order valence-corrected chi connectivity index (χ0v) is 15.2. The summed E-state index contributed by atoms with van der Waals surface area (Å²) in [5.41, 5.74) is 1.88. The fourth-order valence-electron chi connectivity index (χ4n) is 4.50. The van der Waals surface area contributed by atoms with Crippen molar-refractivity contribution >= 4 is 11.8 Å². The summed E-state index contributed by atoms with van der Waals surface area (Å²) in [6, 6.07) is 10.5. The monoisotopic (exact) mass is 352 g/mol. The van der Waals surface area contributed by atoms with Crippen molar-refractivity contribution in [1.29, 1.82) is 0 Å². The fourth-order valence-corrected chi connectivity index (χ4v) is 4.50. The van der Waals surface area contributed by atoms with E-state index in [1.165, 1.54) is 5.56 Å². The Morgan fingerprint density at radius 1 is 1.15 bits per heavy atom. The Morgan fingerprint density at radius 2 is 1.92 bits per heavy atom. The smallest absolute Gasteiger partial charge is 0.257 e. The van der Waals surface area contributed by atoms with Crippen molar-refractivity contribution in [3.8, 4) is 0 Å². The molecule has 3 heterocycles. The van der Waals surface area contributed by atoms with Gasteiger partial charge in [-0.25, -0.2) is 0 Å². The van der Waals surface area contributed by atoms with Gasteiger partial charge in [0.2, 0.25) is 5.91 Å². The number of carbonyl (C=O) groups is 2. The first kappa shape index (κ1) is 16.8. The lowest BCUT2D eigenvalue weighted by molar-refractivity contribution is -0.131. The molecule has 2 aliphatic heterocycles. The van der Waals surface area contributed by atoms with Gasteiger partial charge in [-0.1, -0.05) is 30.3 Å². The van der Waals surface area contributed by atoms with Gasteiger partial charge in [-0.2, -0.15) is 5.10 Å². The van der Waals surface area contributed by atoms with E-state index in [0.717, 1.165) is 19.5 Å². The quantitative estimate of drug-likeness (QED) is 0.829. The Morgan fingerprint density at radius 3 is 2.58 bits per heavy atom. The van der Waals surface area contributed by atoms with E-state index in [4.69, 9.17) is 0 Å². The van der Waals surface area contributed by atoms with E-state index < -0.39 is 0 Å². The number of fused-ring (bicyclic) bond motifs is 1. The minimum absolute atomic E-state index is 0.0443. The Balaban J connectivity index is 1.65. The molecule has 26 heavy (non-hydrogen) atoms. The molecule has 2 aromatic rings. The standard InChI is InChI=1S/C20H24N4O2/c1-14(25)23-9-8-19-18(12-23)17(15-6-4-3-5-7-15)13-24(19)20(26)16-10-21-22(2)11-16/h3-7,10-11,17-19H,8-9,12-13H2,1-2H3/t17-,18-,19-/m1/s1. The number of aryl methyl sites for hydroxylation is 1. The van der Waals surface area contributed by atoms with Gasteiger partial charge in [0.15, 0.2) is 0 Å². The second-order valence-electron chi connectivity index (χ2n) is 7.36. The molecule has 2 aliphatic rings. The van der Waals surface area contributed by atoms with Crippen LogP contribution in [0.1, 0.15) is 35.2 Å². The molecule has 3 atom stereocenters. The molecule has 2 fully saturated rings. The lowest BCUT2D eigenvalue weighted by atomic mass is 9.82. The van der Waals surface area contributed by atoms with Gasteiger partial charge in [0.1, 0.15) is 0 Å². The van der Waals surface area contributed by atoms with Crippen molar-refractivity contribution in [1.82, 2.24) is 19.6 Å². The van der Waals surface area contributed by atoms with E-state index in [1.807, 2.05) is 35.0 Å². The van der Waals surface area contributed by atoms with Gasteiger partial charge in [-0.15, -0.1) is 0 Å². The Labute approximate surface area is 153 Å². The van der Waals surface area contributed by atoms with Crippen LogP contribution in [-0.4, -0.2) is 57.1 Å². The van der Waals surface area contributed by atoms with Crippen LogP contribution in [0, 0.1) is 5.92 Å². The van der Waals surface area contributed by atoms with E-state index >= 15 is 0 Å². The summed E-state index contributed by atoms with van der Waals surface area (Å²) in [6.45, 7) is 3.76. The molecule has 6 heteroatoms. The predicted octanol–water partition coefficient (Wildman–Crippen LogP) is 1.90. The summed E-state index contributed by atoms with van der Waals surface area (Å²) in [7, 11) is 1.82. The first-order chi connectivity index (χ1) is 12.5. The minimum atomic E-state index is 0.0443. The van der Waals surface area contributed by atoms with Crippen molar-refractivity contribution in [2.75, 3.05) is 19.6 Å². The molecule has 0 N–H and O–H groups in total. The molecule has 1 aromatic heterocycles. The second-order valence-corrected chi connectivity index (χ2v) is 7.36. The maximum atomic E-state index is 13.1. The number of rotatable bonds is 2. The van der Waals surface area contributed by atoms with Crippen LogP contribution in [0.5, 0.6) is 0 Å². The van der Waals surface area contributed by atoms with Crippen LogP contribution in [0.25, 0.3) is 0 Å². The number of carbonyl (C=O) groups excluding carboxylic acids is 2. The molecule has 4 rings (SSSR count). The van der Waals surface area contributed by atoms with E-state index in [1.54, 1.807) is 24.0 Å². The average Bonchev–Trinajstić information content (AvgIpc) is 3.25. The topological polar surface area (TPSA) is 58.4 Å². The molecule has 1 aromatic carbocycles. The number of nitrogens with zero attached hydrogens (tertiary/aromatic N) is 4. The van der Waals surface area contributed by atoms with Crippen molar-refractivity contribution in [3.63, 3.8) is 0 Å². The zero-order valence-electron chi connectivity index (χ0n) is 15.2. The molecule has 6 nitrogen and oxygen atoms in total. The molecule has 2 saturated heterocycles. The van der Waals surface area contributed by atoms with Crippen LogP contribution in [0.4, 0.5) is 0 Å². The number of benzene rings is 1. The highest BCUT2D eigenvalue weighted by atomic mass is 16.2. The fraction of sp³-hybridized carbons (Fsp3) is 0.450. The van der Waals surface area contributed by atoms with Crippen molar-refractivity contribution in [3.05, 3.63) is 53.9 Å². The zero-order chi connectivity index (χ0) is 18.3. The summed E-state index contributed by atoms with van der Waals surface area (Å²) in [5, 5.41) is 4.14. The highest BCUT2D eigenvalue weighted by molar-refractivity contribution is 5.94. The lowest BCUT2D eigenvalue weighted by Gasteiger charge is -2.38. The number of aromatic nitrogens is 2. The number of likely N-dealkylation sites (tertiary alicyclic amines) is 2. The third-order valence-electron chi connectivity index (χ3n) is 5.82. The van der Waals surface area contributed by atoms with Crippen LogP contribution in [0.3, 0.4) is 0 Å². The number of hydrogen-bond acceptors (Lipinski definition) is 3. The maximum absolute atomic E-state index is 13.1. The molecular formula is C20H24N4O2. The normalized spacial score (nSPS) is 25.2. The van der Waals surface area contributed by atoms with Gasteiger partial charge in [0.05, 0.1) is 11.8 Å². The van der Waals surface area contributed by atoms with Gasteiger partial charge in [-0.05, 0) is 12.0 Å². The third kappa shape index (κ3) is 2.89. The highest BCUT2D eigenvalue weighted by Crippen LogP contribution is 2.42. The molecular weight excluding hydrogens is 328 g/mol. The molecule has 136 valence electrons. The number of piperidine rings is 1. The van der Waals surface area contributed by atoms with Crippen molar-refractivity contribution in [2.45, 2.75) is 25.3 Å². The first-order valence-electron chi connectivity index (χ1n) is 9.14. The minimum Gasteiger partial charge on any atom is -0.342 e. The Kier molecular flexibility index (Phi) is 4.26. The first-order valence-corrected chi connectivity index (χ1v) is 9.14. The van der Waals surface area contributed by atoms with Crippen molar-refractivity contribution in [2.24, 2.45) is 13.0 Å². The van der Waals surface area contributed by atoms with Crippen LogP contribution in [0.2, 0.25) is 0 Å². The van der Waals surface area contributed by atoms with Gasteiger partial charge < -0.3 is 9.80 Å². The average molecular weight is 352 g/mol. The van der Waals surface area contributed by atoms with Gasteiger partial charge >= 0.3 is 0 Å². The summed E-state index contributed by atoms with van der Waals surface area (Å²) >= 11 is 0. The molecule has 0 aliphatic carbocycles. The summed E-state index contributed by atoms with van der Waals surface area (Å²) < 4.78 is 1.66. The molecule has 0 unspecified atom stereocenters. The van der Waals surface area contributed by atoms with Crippen LogP contribution in [0.15, 0.2) is 42.7 Å². The predicted molar refractivity (Wildman–Crippen MR) is 97.6 cm³/mol. The SMILES string of the molecule is CC(=O)N1CC[C@@H]2[C@H](C1)[C@@H](c1ccccc1)CN2C(=O)c1cnn(C)c1. The number of hydrogen-bond donors (Lipinski definition) is 0. The van der Waals surface area contributed by atoms with E-state index in [-0.39, 0.29) is 29.7 Å². The molecule has 2 amide bonds. The molecule has 0 radical (unpaired) electrons. The summed E-state index contributed by atoms with van der Waals surface area (Å²) in [6.07, 6.45) is 4.25. The molecule has 0 bridgehead atoms. The van der Waals surface area contributed by atoms with Crippen LogP contribution < -0.4 is 0 Å². The van der Waals surface area contributed by atoms with Crippen molar-refractivity contribution < 1.29 is 9.59 Å². The van der Waals surface area contributed by atoms with Gasteiger partial charge in [0, 0.05) is 57.7 Å². The van der Waals surface area contributed by atoms with Gasteiger partial charge in [-0.3, -0.25) is 14.3 Å². The second kappa shape index (κ2) is 6.59. The Hall–Kier alpha value is -2.63. The van der Waals surface area contributed by atoms with E-state index in [9.17, 15) is 9.59 Å². The maximum Gasteiger partial charge on any atom is 0.257 e. The summed E-state index contributed by atoms with van der Waals surface area (Å²) in [5.74, 6) is 0.690. The van der Waals surface area contributed by atoms with E-state index in [0.29, 0.717) is 12.1 Å². The lowest BCUT2D eigenvalue weighted by Crippen LogP contribution is -2.49. The van der Waals surface area contributed by atoms with E-state index in [2.05, 4.69) is 17.2 Å². The van der Waals surface area contributed by atoms with Crippen LogP contribution >= 0.6 is 0 Å². The molecule has 0 spiro atoms. The third-order valence-corrected chi connectivity index (χ3v) is 5.82. The van der Waals surface area contributed by atoms with Gasteiger partial charge in [0.25, 0.3) is 5.91 Å². The molecule has 0 saturated carbocycles. The van der Waals surface area contributed by atoms with Crippen LogP contribution in [-0.2, 0) is 11.8 Å². The summed E-state index contributed by atoms with van der Waals surface area (Å²) in [4.78, 5) is 28.9. The largest absolute Gasteiger partial charge is 0.342 e. The number of amides is 2. The highest BCUT2D eigenvalue weighted by Gasteiger charge is 2.47. The Bertz CT molecular complexity index is 816.